The molecule has 0 spiro atoms. The van der Waals surface area contributed by atoms with Gasteiger partial charge in [0, 0.05) is 0 Å². The maximum absolute atomic E-state index is 12.9. The Morgan fingerprint density at radius 3 is 2.60 bits per heavy atom. The highest BCUT2D eigenvalue weighted by molar-refractivity contribution is 5.43. The van der Waals surface area contributed by atoms with Crippen molar-refractivity contribution in [1.29, 1.82) is 5.26 Å². The quantitative estimate of drug-likeness (QED) is 0.928. The highest BCUT2D eigenvalue weighted by atomic mass is 19.4. The number of hydrogen-bond donors (Lipinski definition) is 1. The fraction of sp³-hybridized carbons (Fsp3) is 0.500. The molecule has 1 heterocycles. The summed E-state index contributed by atoms with van der Waals surface area (Å²) in [6, 6.07) is 5.10. The second-order valence-corrected chi connectivity index (χ2v) is 4.82. The molecule has 1 aliphatic rings. The van der Waals surface area contributed by atoms with Crippen molar-refractivity contribution in [2.24, 2.45) is 5.92 Å². The van der Waals surface area contributed by atoms with Crippen LogP contribution in [0.3, 0.4) is 0 Å². The monoisotopic (exact) mass is 284 g/mol. The number of nitrogens with zero attached hydrogens (tertiary/aromatic N) is 1. The van der Waals surface area contributed by atoms with Crippen molar-refractivity contribution in [3.8, 4) is 11.8 Å². The van der Waals surface area contributed by atoms with E-state index in [9.17, 15) is 13.2 Å². The van der Waals surface area contributed by atoms with E-state index in [4.69, 9.17) is 10.00 Å². The number of halogens is 3. The molecular formula is C14H15F3N2O. The summed E-state index contributed by atoms with van der Waals surface area (Å²) < 4.78 is 44.1. The summed E-state index contributed by atoms with van der Waals surface area (Å²) in [6.45, 7) is 2.01. The first-order chi connectivity index (χ1) is 9.50. The minimum atomic E-state index is -4.52. The van der Waals surface area contributed by atoms with Gasteiger partial charge >= 0.3 is 6.18 Å². The average Bonchev–Trinajstić information content (AvgIpc) is 2.45. The van der Waals surface area contributed by atoms with Gasteiger partial charge in [0.05, 0.1) is 23.8 Å². The molecule has 1 fully saturated rings. The van der Waals surface area contributed by atoms with Crippen LogP contribution in [0.4, 0.5) is 13.2 Å². The van der Waals surface area contributed by atoms with E-state index in [2.05, 4.69) is 5.32 Å². The summed E-state index contributed by atoms with van der Waals surface area (Å²) in [5.74, 6) is 0.0722. The fourth-order valence-corrected chi connectivity index (χ4v) is 2.20. The molecule has 0 aromatic heterocycles. The number of nitriles is 1. The molecule has 0 saturated carbocycles. The Hall–Kier alpha value is -1.74. The van der Waals surface area contributed by atoms with Crippen molar-refractivity contribution in [2.75, 3.05) is 19.7 Å². The molecule has 1 aliphatic heterocycles. The Kier molecular flexibility index (Phi) is 4.50. The first kappa shape index (κ1) is 14.7. The van der Waals surface area contributed by atoms with Gasteiger partial charge in [-0.15, -0.1) is 0 Å². The zero-order valence-corrected chi connectivity index (χ0v) is 10.8. The first-order valence-corrected chi connectivity index (χ1v) is 6.45. The molecule has 0 aliphatic carbocycles. The van der Waals surface area contributed by atoms with Crippen molar-refractivity contribution >= 4 is 0 Å². The standard InChI is InChI=1S/C14H15F3N2O/c15-14(16,17)12-7-11(8-18)1-2-13(12)20-9-10-3-5-19-6-4-10/h1-2,7,10,19H,3-6,9H2. The maximum Gasteiger partial charge on any atom is 0.420 e. The van der Waals surface area contributed by atoms with Crippen LogP contribution in [0.2, 0.25) is 0 Å². The Morgan fingerprint density at radius 2 is 2.00 bits per heavy atom. The predicted octanol–water partition coefficient (Wildman–Crippen LogP) is 2.96. The number of rotatable bonds is 3. The van der Waals surface area contributed by atoms with Crippen molar-refractivity contribution < 1.29 is 17.9 Å². The zero-order valence-electron chi connectivity index (χ0n) is 10.8. The number of hydrogen-bond acceptors (Lipinski definition) is 3. The van der Waals surface area contributed by atoms with Crippen LogP contribution in [-0.4, -0.2) is 19.7 Å². The van der Waals surface area contributed by atoms with Gasteiger partial charge in [0.25, 0.3) is 0 Å². The lowest BCUT2D eigenvalue weighted by atomic mass is 9.99. The third kappa shape index (κ3) is 3.64. The number of ether oxygens (including phenoxy) is 1. The van der Waals surface area contributed by atoms with Gasteiger partial charge in [0.2, 0.25) is 0 Å². The lowest BCUT2D eigenvalue weighted by molar-refractivity contribution is -0.139. The van der Waals surface area contributed by atoms with Crippen LogP contribution >= 0.6 is 0 Å². The van der Waals surface area contributed by atoms with E-state index in [0.29, 0.717) is 0 Å². The maximum atomic E-state index is 12.9. The van der Waals surface area contributed by atoms with Crippen molar-refractivity contribution in [3.05, 3.63) is 29.3 Å². The van der Waals surface area contributed by atoms with Crippen molar-refractivity contribution in [2.45, 2.75) is 19.0 Å². The lowest BCUT2D eigenvalue weighted by Crippen LogP contribution is -2.30. The molecule has 1 aromatic carbocycles. The summed E-state index contributed by atoms with van der Waals surface area (Å²) in [4.78, 5) is 0. The number of nitrogens with one attached hydrogen (secondary N) is 1. The van der Waals surface area contributed by atoms with Crippen LogP contribution < -0.4 is 10.1 Å². The van der Waals surface area contributed by atoms with Crippen LogP contribution in [0, 0.1) is 17.2 Å². The summed E-state index contributed by atoms with van der Waals surface area (Å²) >= 11 is 0. The van der Waals surface area contributed by atoms with E-state index < -0.39 is 11.7 Å². The second kappa shape index (κ2) is 6.14. The van der Waals surface area contributed by atoms with Gasteiger partial charge in [-0.05, 0) is 50.0 Å². The average molecular weight is 284 g/mol. The number of benzene rings is 1. The van der Waals surface area contributed by atoms with E-state index in [-0.39, 0.29) is 23.8 Å². The number of alkyl halides is 3. The van der Waals surface area contributed by atoms with Crippen LogP contribution in [0.25, 0.3) is 0 Å². The Morgan fingerprint density at radius 1 is 1.30 bits per heavy atom. The zero-order chi connectivity index (χ0) is 14.6. The molecule has 0 unspecified atom stereocenters. The molecule has 1 N–H and O–H groups in total. The smallest absolute Gasteiger partial charge is 0.420 e. The van der Waals surface area contributed by atoms with E-state index in [1.807, 2.05) is 0 Å². The minimum Gasteiger partial charge on any atom is -0.493 e. The molecule has 0 bridgehead atoms. The SMILES string of the molecule is N#Cc1ccc(OCC2CCNCC2)c(C(F)(F)F)c1. The third-order valence-electron chi connectivity index (χ3n) is 3.35. The molecule has 1 saturated heterocycles. The van der Waals surface area contributed by atoms with Crippen molar-refractivity contribution in [3.63, 3.8) is 0 Å². The van der Waals surface area contributed by atoms with Gasteiger partial charge in [0.15, 0.2) is 0 Å². The van der Waals surface area contributed by atoms with Gasteiger partial charge in [-0.25, -0.2) is 0 Å². The van der Waals surface area contributed by atoms with Crippen LogP contribution in [0.15, 0.2) is 18.2 Å². The van der Waals surface area contributed by atoms with Gasteiger partial charge < -0.3 is 10.1 Å². The third-order valence-corrected chi connectivity index (χ3v) is 3.35. The minimum absolute atomic E-state index is 0.0217. The summed E-state index contributed by atoms with van der Waals surface area (Å²) in [7, 11) is 0. The van der Waals surface area contributed by atoms with Crippen LogP contribution in [0.5, 0.6) is 5.75 Å². The first-order valence-electron chi connectivity index (χ1n) is 6.45. The molecule has 6 heteroatoms. The molecule has 1 aromatic rings. The van der Waals surface area contributed by atoms with E-state index in [1.54, 1.807) is 6.07 Å². The molecule has 3 nitrogen and oxygen atoms in total. The second-order valence-electron chi connectivity index (χ2n) is 4.82. The fourth-order valence-electron chi connectivity index (χ4n) is 2.20. The van der Waals surface area contributed by atoms with Crippen LogP contribution in [-0.2, 0) is 6.18 Å². The highest BCUT2D eigenvalue weighted by Crippen LogP contribution is 2.37. The topological polar surface area (TPSA) is 45.0 Å². The predicted molar refractivity (Wildman–Crippen MR) is 67.2 cm³/mol. The highest BCUT2D eigenvalue weighted by Gasteiger charge is 2.35. The van der Waals surface area contributed by atoms with Gasteiger partial charge in [0.1, 0.15) is 5.75 Å². The van der Waals surface area contributed by atoms with Crippen LogP contribution in [0.1, 0.15) is 24.0 Å². The Labute approximate surface area is 115 Å². The van der Waals surface area contributed by atoms with Gasteiger partial charge in [-0.3, -0.25) is 0 Å². The van der Waals surface area contributed by atoms with E-state index in [1.165, 1.54) is 12.1 Å². The normalized spacial score (nSPS) is 16.7. The molecule has 0 amide bonds. The summed E-state index contributed by atoms with van der Waals surface area (Å²) in [5, 5.41) is 11.9. The molecule has 108 valence electrons. The van der Waals surface area contributed by atoms with Gasteiger partial charge in [-0.1, -0.05) is 0 Å². The molecular weight excluding hydrogens is 269 g/mol. The number of piperidine rings is 1. The van der Waals surface area contributed by atoms with Crippen molar-refractivity contribution in [1.82, 2.24) is 5.32 Å². The largest absolute Gasteiger partial charge is 0.493 e. The summed E-state index contributed by atoms with van der Waals surface area (Å²) in [5.41, 5.74) is -0.906. The Balaban J connectivity index is 2.12. The Bertz CT molecular complexity index is 502. The van der Waals surface area contributed by atoms with E-state index in [0.717, 1.165) is 32.0 Å². The summed E-state index contributed by atoms with van der Waals surface area (Å²) in [6.07, 6.45) is -2.72. The lowest BCUT2D eigenvalue weighted by Gasteiger charge is -2.23. The molecule has 20 heavy (non-hydrogen) atoms. The molecule has 2 rings (SSSR count). The molecule has 0 atom stereocenters. The van der Waals surface area contributed by atoms with E-state index >= 15 is 0 Å². The molecule has 0 radical (unpaired) electrons. The van der Waals surface area contributed by atoms with Gasteiger partial charge in [-0.2, -0.15) is 18.4 Å².